The highest BCUT2D eigenvalue weighted by atomic mass is 16.5. The Kier molecular flexibility index (Phi) is 11.2. The van der Waals surface area contributed by atoms with Crippen molar-refractivity contribution in [3.05, 3.63) is 71.8 Å². The van der Waals surface area contributed by atoms with Gasteiger partial charge in [-0.3, -0.25) is 14.3 Å². The Bertz CT molecular complexity index is 1630. The summed E-state index contributed by atoms with van der Waals surface area (Å²) >= 11 is 0. The largest absolute Gasteiger partial charge is 0.368 e. The Morgan fingerprint density at radius 1 is 0.940 bits per heavy atom. The molecule has 10 nitrogen and oxygen atoms in total. The molecule has 6 rings (SSSR count). The quantitative estimate of drug-likeness (QED) is 0.212. The van der Waals surface area contributed by atoms with Crippen LogP contribution in [0.25, 0.3) is 17.0 Å². The normalized spacial score (nSPS) is 22.2. The molecule has 3 heterocycles. The Balaban J connectivity index is 1.08. The molecule has 2 amide bonds. The van der Waals surface area contributed by atoms with Crippen LogP contribution in [0.3, 0.4) is 0 Å². The van der Waals surface area contributed by atoms with E-state index >= 15 is 0 Å². The van der Waals surface area contributed by atoms with Gasteiger partial charge in [0.25, 0.3) is 5.91 Å². The number of rotatable bonds is 11. The van der Waals surface area contributed by atoms with E-state index in [0.717, 1.165) is 47.3 Å². The number of nitrogens with one attached hydrogen (secondary N) is 1. The monoisotopic (exact) mass is 682 g/mol. The van der Waals surface area contributed by atoms with Gasteiger partial charge in [0.2, 0.25) is 5.91 Å². The van der Waals surface area contributed by atoms with Gasteiger partial charge in [0.15, 0.2) is 12.1 Å². The molecule has 1 unspecified atom stereocenters. The molecule has 3 aromatic rings. The van der Waals surface area contributed by atoms with Crippen molar-refractivity contribution in [3.63, 3.8) is 0 Å². The van der Waals surface area contributed by atoms with Crippen LogP contribution in [0.2, 0.25) is 0 Å². The van der Waals surface area contributed by atoms with Gasteiger partial charge in [-0.25, -0.2) is 9.97 Å². The van der Waals surface area contributed by atoms with Gasteiger partial charge in [0, 0.05) is 55.1 Å². The lowest BCUT2D eigenvalue weighted by Crippen LogP contribution is -2.60. The van der Waals surface area contributed by atoms with E-state index in [4.69, 9.17) is 9.97 Å². The number of carbonyl (C=O) groups is 2. The van der Waals surface area contributed by atoms with E-state index in [1.807, 2.05) is 57.4 Å². The van der Waals surface area contributed by atoms with Gasteiger partial charge in [0.1, 0.15) is 6.04 Å². The summed E-state index contributed by atoms with van der Waals surface area (Å²) in [5.74, 6) is 2.25. The lowest BCUT2D eigenvalue weighted by molar-refractivity contribution is -0.157. The molecule has 0 spiro atoms. The number of carbonyl (C=O) groups excluding carboxylic acids is 2. The third-order valence-electron chi connectivity index (χ3n) is 11.2. The number of benzene rings is 1. The van der Waals surface area contributed by atoms with E-state index in [9.17, 15) is 19.8 Å². The van der Waals surface area contributed by atoms with Gasteiger partial charge in [0.05, 0.1) is 17.3 Å². The zero-order chi connectivity index (χ0) is 35.4. The lowest BCUT2D eigenvalue weighted by Gasteiger charge is -2.41. The molecule has 0 bridgehead atoms. The minimum absolute atomic E-state index is 0.231. The molecule has 50 heavy (non-hydrogen) atoms. The number of hydrogen-bond acceptors (Lipinski definition) is 7. The molecular formula is C40H54N6O4. The second-order valence-electron chi connectivity index (χ2n) is 15.8. The molecule has 3 N–H and O–H groups in total. The van der Waals surface area contributed by atoms with Crippen molar-refractivity contribution < 1.29 is 19.8 Å². The van der Waals surface area contributed by atoms with Crippen LogP contribution in [-0.4, -0.2) is 72.1 Å². The highest BCUT2D eigenvalue weighted by Gasteiger charge is 2.38. The van der Waals surface area contributed by atoms with Gasteiger partial charge >= 0.3 is 0 Å². The number of nitrogens with zero attached hydrogens (tertiary/aromatic N) is 5. The van der Waals surface area contributed by atoms with Crippen LogP contribution < -0.4 is 5.32 Å². The summed E-state index contributed by atoms with van der Waals surface area (Å²) in [4.78, 5) is 37.8. The standard InChI is InChI=1S/C40H54N6O4/c1-5-6-26-7-11-28(12-8-26)29-15-17-30(18-16-29)32-20-41-36(42-21-32)31-13-9-27(10-14-31)19-35(38(48)45-23-34(24-45)39(49)50)44-37(47)33-22-43-46(25-33)40(2,3)4/h9-10,13-14,17,20-22,25-26,28-29,34-35,39,49-50H,5-8,11-12,15-16,18-19,23-24H2,1-4H3,(H,44,47)/t26?,28?,29?,35-/m0/s1. The van der Waals surface area contributed by atoms with Crippen LogP contribution in [0.4, 0.5) is 0 Å². The van der Waals surface area contributed by atoms with E-state index in [-0.39, 0.29) is 36.9 Å². The Morgan fingerprint density at radius 3 is 2.22 bits per heavy atom. The minimum Gasteiger partial charge on any atom is -0.368 e. The van der Waals surface area contributed by atoms with E-state index in [1.54, 1.807) is 15.8 Å². The molecule has 1 aromatic carbocycles. The predicted octanol–water partition coefficient (Wildman–Crippen LogP) is 6.00. The summed E-state index contributed by atoms with van der Waals surface area (Å²) < 4.78 is 1.72. The van der Waals surface area contributed by atoms with Crippen LogP contribution in [0.1, 0.15) is 107 Å². The van der Waals surface area contributed by atoms with E-state index in [0.29, 0.717) is 11.4 Å². The van der Waals surface area contributed by atoms with Crippen LogP contribution >= 0.6 is 0 Å². The number of hydrogen-bond donors (Lipinski definition) is 3. The van der Waals surface area contributed by atoms with Gasteiger partial charge in [-0.1, -0.05) is 62.9 Å². The summed E-state index contributed by atoms with van der Waals surface area (Å²) in [5, 5.41) is 26.3. The van der Waals surface area contributed by atoms with Gasteiger partial charge < -0.3 is 20.4 Å². The van der Waals surface area contributed by atoms with Gasteiger partial charge in [-0.15, -0.1) is 0 Å². The molecule has 2 fully saturated rings. The van der Waals surface area contributed by atoms with Crippen LogP contribution in [0.5, 0.6) is 0 Å². The summed E-state index contributed by atoms with van der Waals surface area (Å²) in [7, 11) is 0. The maximum absolute atomic E-state index is 13.5. The SMILES string of the molecule is CCCC1CCC(C2CC=C(c3cnc(-c4ccc(C[C@H](NC(=O)c5cnn(C(C)(C)C)c5)C(=O)N5CC(C(O)O)C5)cc4)nc3)CC2)CC1. The first-order chi connectivity index (χ1) is 24.0. The fourth-order valence-electron chi connectivity index (χ4n) is 7.92. The summed E-state index contributed by atoms with van der Waals surface area (Å²) in [6.07, 6.45) is 20.1. The maximum Gasteiger partial charge on any atom is 0.255 e. The average Bonchev–Trinajstić information content (AvgIpc) is 3.60. The van der Waals surface area contributed by atoms with E-state index in [2.05, 4.69) is 23.4 Å². The maximum atomic E-state index is 13.5. The molecule has 2 atom stereocenters. The van der Waals surface area contributed by atoms with Gasteiger partial charge in [-0.05, 0) is 81.8 Å². The van der Waals surface area contributed by atoms with E-state index < -0.39 is 18.2 Å². The first kappa shape index (κ1) is 35.9. The molecule has 1 saturated heterocycles. The topological polar surface area (TPSA) is 133 Å². The Hall–Kier alpha value is -3.89. The molecule has 2 aliphatic carbocycles. The van der Waals surface area contributed by atoms with Gasteiger partial charge in [-0.2, -0.15) is 5.10 Å². The fraction of sp³-hybridized carbons (Fsp3) is 0.575. The molecule has 1 saturated carbocycles. The fourth-order valence-corrected chi connectivity index (χ4v) is 7.92. The number of amides is 2. The third-order valence-corrected chi connectivity index (χ3v) is 11.2. The van der Waals surface area contributed by atoms with Crippen molar-refractivity contribution in [1.82, 2.24) is 30.0 Å². The summed E-state index contributed by atoms with van der Waals surface area (Å²) in [6.45, 7) is 8.76. The summed E-state index contributed by atoms with van der Waals surface area (Å²) in [6, 6.07) is 6.93. The number of likely N-dealkylation sites (tertiary alicyclic amines) is 1. The highest BCUT2D eigenvalue weighted by Crippen LogP contribution is 2.42. The molecule has 2 aromatic heterocycles. The molecule has 3 aliphatic rings. The minimum atomic E-state index is -1.48. The zero-order valence-corrected chi connectivity index (χ0v) is 30.1. The smallest absolute Gasteiger partial charge is 0.255 e. The van der Waals surface area contributed by atoms with Crippen LogP contribution in [0, 0.1) is 23.7 Å². The average molecular weight is 683 g/mol. The molecule has 268 valence electrons. The Labute approximate surface area is 296 Å². The molecule has 0 radical (unpaired) electrons. The van der Waals surface area contributed by atoms with Crippen molar-refractivity contribution in [2.45, 2.75) is 110 Å². The van der Waals surface area contributed by atoms with Crippen molar-refractivity contribution >= 4 is 17.4 Å². The first-order valence-electron chi connectivity index (χ1n) is 18.6. The van der Waals surface area contributed by atoms with Crippen molar-refractivity contribution in [2.24, 2.45) is 23.7 Å². The van der Waals surface area contributed by atoms with Crippen LogP contribution in [0.15, 0.2) is 55.1 Å². The third kappa shape index (κ3) is 8.52. The highest BCUT2D eigenvalue weighted by molar-refractivity contribution is 5.97. The van der Waals surface area contributed by atoms with Crippen molar-refractivity contribution in [2.75, 3.05) is 13.1 Å². The molecular weight excluding hydrogens is 628 g/mol. The summed E-state index contributed by atoms with van der Waals surface area (Å²) in [5.41, 5.74) is 4.28. The second kappa shape index (κ2) is 15.6. The molecule has 1 aliphatic heterocycles. The van der Waals surface area contributed by atoms with E-state index in [1.165, 1.54) is 56.7 Å². The van der Waals surface area contributed by atoms with Crippen LogP contribution in [-0.2, 0) is 16.8 Å². The zero-order valence-electron chi connectivity index (χ0n) is 30.1. The molecule has 10 heteroatoms. The van der Waals surface area contributed by atoms with Crippen molar-refractivity contribution in [3.8, 4) is 11.4 Å². The predicted molar refractivity (Wildman–Crippen MR) is 194 cm³/mol. The first-order valence-corrected chi connectivity index (χ1v) is 18.6. The number of aromatic nitrogens is 4. The Morgan fingerprint density at radius 2 is 1.64 bits per heavy atom. The van der Waals surface area contributed by atoms with Crippen molar-refractivity contribution in [1.29, 1.82) is 0 Å². The number of aliphatic hydroxyl groups excluding tert-OH is 1. The second-order valence-corrected chi connectivity index (χ2v) is 15.8. The number of aliphatic hydroxyl groups is 2. The lowest BCUT2D eigenvalue weighted by atomic mass is 9.70. The number of allylic oxidation sites excluding steroid dienone is 2.